The molecule has 0 heterocycles. The molecule has 2 aromatic rings. The number of aromatic carboxylic acids is 1. The van der Waals surface area contributed by atoms with Crippen molar-refractivity contribution in [3.63, 3.8) is 0 Å². The lowest BCUT2D eigenvalue weighted by Gasteiger charge is -2.12. The lowest BCUT2D eigenvalue weighted by Crippen LogP contribution is -2.30. The van der Waals surface area contributed by atoms with Crippen LogP contribution in [0.2, 0.25) is 0 Å². The third-order valence-electron chi connectivity index (χ3n) is 3.40. The van der Waals surface area contributed by atoms with E-state index in [2.05, 4.69) is 5.32 Å². The molecule has 0 unspecified atom stereocenters. The molecule has 5 heteroatoms. The van der Waals surface area contributed by atoms with Crippen LogP contribution >= 0.6 is 0 Å². The average Bonchev–Trinajstić information content (AvgIpc) is 3.28. The molecule has 0 radical (unpaired) electrons. The van der Waals surface area contributed by atoms with Gasteiger partial charge in [0.1, 0.15) is 11.3 Å². The highest BCUT2D eigenvalue weighted by Gasteiger charge is 2.24. The molecule has 0 aliphatic heterocycles. The van der Waals surface area contributed by atoms with E-state index in [0.717, 1.165) is 18.2 Å². The maximum Gasteiger partial charge on any atom is 0.339 e. The SMILES string of the molecule is O=C(COc1c(C(=O)O)ccc2ccccc12)NC1CC1. The fourth-order valence-corrected chi connectivity index (χ4v) is 2.20. The third kappa shape index (κ3) is 2.97. The Kier molecular flexibility index (Phi) is 3.48. The Morgan fingerprint density at radius 3 is 2.67 bits per heavy atom. The van der Waals surface area contributed by atoms with E-state index in [1.165, 1.54) is 6.07 Å². The van der Waals surface area contributed by atoms with Gasteiger partial charge in [0.25, 0.3) is 5.91 Å². The molecule has 0 spiro atoms. The summed E-state index contributed by atoms with van der Waals surface area (Å²) in [6, 6.07) is 10.8. The number of rotatable bonds is 5. The summed E-state index contributed by atoms with van der Waals surface area (Å²) < 4.78 is 5.51. The Morgan fingerprint density at radius 2 is 1.95 bits per heavy atom. The number of amides is 1. The van der Waals surface area contributed by atoms with Gasteiger partial charge in [-0.1, -0.05) is 30.3 Å². The first kappa shape index (κ1) is 13.4. The summed E-state index contributed by atoms with van der Waals surface area (Å²) in [5, 5.41) is 13.6. The van der Waals surface area contributed by atoms with Crippen molar-refractivity contribution < 1.29 is 19.4 Å². The van der Waals surface area contributed by atoms with Crippen LogP contribution in [0.1, 0.15) is 23.2 Å². The second kappa shape index (κ2) is 5.44. The number of carboxylic acids is 1. The van der Waals surface area contributed by atoms with Crippen molar-refractivity contribution in [3.8, 4) is 5.75 Å². The first-order chi connectivity index (χ1) is 10.1. The Hall–Kier alpha value is -2.56. The second-order valence-corrected chi connectivity index (χ2v) is 5.10. The highest BCUT2D eigenvalue weighted by Crippen LogP contribution is 2.30. The number of carboxylic acid groups (broad SMARTS) is 1. The molecule has 0 bridgehead atoms. The number of carbonyl (C=O) groups excluding carboxylic acids is 1. The molecule has 5 nitrogen and oxygen atoms in total. The van der Waals surface area contributed by atoms with Crippen LogP contribution in [0.15, 0.2) is 36.4 Å². The van der Waals surface area contributed by atoms with Crippen molar-refractivity contribution in [1.82, 2.24) is 5.32 Å². The summed E-state index contributed by atoms with van der Waals surface area (Å²) in [5.41, 5.74) is 0.0629. The molecule has 3 rings (SSSR count). The third-order valence-corrected chi connectivity index (χ3v) is 3.40. The van der Waals surface area contributed by atoms with Crippen molar-refractivity contribution in [1.29, 1.82) is 0 Å². The number of benzene rings is 2. The number of hydrogen-bond donors (Lipinski definition) is 2. The largest absolute Gasteiger partial charge is 0.482 e. The molecule has 1 saturated carbocycles. The smallest absolute Gasteiger partial charge is 0.339 e. The molecule has 1 aliphatic rings. The zero-order valence-corrected chi connectivity index (χ0v) is 11.3. The van der Waals surface area contributed by atoms with Gasteiger partial charge in [0, 0.05) is 11.4 Å². The van der Waals surface area contributed by atoms with Crippen molar-refractivity contribution in [2.24, 2.45) is 0 Å². The van der Waals surface area contributed by atoms with E-state index < -0.39 is 5.97 Å². The van der Waals surface area contributed by atoms with Gasteiger partial charge >= 0.3 is 5.97 Å². The normalized spacial score (nSPS) is 13.9. The first-order valence-corrected chi connectivity index (χ1v) is 6.82. The van der Waals surface area contributed by atoms with Crippen molar-refractivity contribution >= 4 is 22.6 Å². The van der Waals surface area contributed by atoms with Gasteiger partial charge < -0.3 is 15.2 Å². The highest BCUT2D eigenvalue weighted by molar-refractivity contribution is 6.00. The van der Waals surface area contributed by atoms with Gasteiger partial charge in [-0.25, -0.2) is 4.79 Å². The lowest BCUT2D eigenvalue weighted by molar-refractivity contribution is -0.123. The molecule has 0 atom stereocenters. The van der Waals surface area contributed by atoms with Crippen LogP contribution in [-0.4, -0.2) is 29.6 Å². The van der Waals surface area contributed by atoms with Gasteiger partial charge in [-0.05, 0) is 24.3 Å². The van der Waals surface area contributed by atoms with E-state index in [1.54, 1.807) is 12.1 Å². The highest BCUT2D eigenvalue weighted by atomic mass is 16.5. The summed E-state index contributed by atoms with van der Waals surface area (Å²) in [5.74, 6) is -1.05. The Labute approximate surface area is 121 Å². The molecule has 1 amide bonds. The summed E-state index contributed by atoms with van der Waals surface area (Å²) in [7, 11) is 0. The van der Waals surface area contributed by atoms with Gasteiger partial charge in [-0.3, -0.25) is 4.79 Å². The Bertz CT molecular complexity index is 706. The van der Waals surface area contributed by atoms with Crippen LogP contribution in [0.25, 0.3) is 10.8 Å². The zero-order chi connectivity index (χ0) is 14.8. The van der Waals surface area contributed by atoms with Gasteiger partial charge in [-0.2, -0.15) is 0 Å². The summed E-state index contributed by atoms with van der Waals surface area (Å²) in [6.07, 6.45) is 2.00. The standard InChI is InChI=1S/C16H15NO4/c18-14(17-11-6-7-11)9-21-15-12-4-2-1-3-10(12)5-8-13(15)16(19)20/h1-5,8,11H,6-7,9H2,(H,17,18)(H,19,20). The number of ether oxygens (including phenoxy) is 1. The number of hydrogen-bond acceptors (Lipinski definition) is 3. The molecule has 108 valence electrons. The molecular formula is C16H15NO4. The van der Waals surface area contributed by atoms with Crippen molar-refractivity contribution in [2.45, 2.75) is 18.9 Å². The molecule has 0 aromatic heterocycles. The van der Waals surface area contributed by atoms with Crippen LogP contribution in [0.4, 0.5) is 0 Å². The summed E-state index contributed by atoms with van der Waals surface area (Å²) in [6.45, 7) is -0.176. The molecule has 0 saturated heterocycles. The Morgan fingerprint density at radius 1 is 1.19 bits per heavy atom. The quantitative estimate of drug-likeness (QED) is 0.883. The number of carbonyl (C=O) groups is 2. The molecule has 1 aliphatic carbocycles. The molecule has 21 heavy (non-hydrogen) atoms. The zero-order valence-electron chi connectivity index (χ0n) is 11.3. The topological polar surface area (TPSA) is 75.6 Å². The van der Waals surface area contributed by atoms with E-state index in [1.807, 2.05) is 18.2 Å². The van der Waals surface area contributed by atoms with E-state index in [9.17, 15) is 14.7 Å². The van der Waals surface area contributed by atoms with E-state index in [4.69, 9.17) is 4.74 Å². The van der Waals surface area contributed by atoms with Gasteiger partial charge in [-0.15, -0.1) is 0 Å². The maximum absolute atomic E-state index is 11.7. The average molecular weight is 285 g/mol. The second-order valence-electron chi connectivity index (χ2n) is 5.10. The van der Waals surface area contributed by atoms with Crippen molar-refractivity contribution in [3.05, 3.63) is 42.0 Å². The van der Waals surface area contributed by atoms with Crippen LogP contribution < -0.4 is 10.1 Å². The van der Waals surface area contributed by atoms with E-state index in [-0.39, 0.29) is 29.9 Å². The predicted octanol–water partition coefficient (Wildman–Crippen LogP) is 2.20. The van der Waals surface area contributed by atoms with Gasteiger partial charge in [0.05, 0.1) is 0 Å². The maximum atomic E-state index is 11.7. The van der Waals surface area contributed by atoms with Crippen molar-refractivity contribution in [2.75, 3.05) is 6.61 Å². The summed E-state index contributed by atoms with van der Waals surface area (Å²) >= 11 is 0. The van der Waals surface area contributed by atoms with Gasteiger partial charge in [0.15, 0.2) is 6.61 Å². The predicted molar refractivity (Wildman–Crippen MR) is 77.6 cm³/mol. The minimum atomic E-state index is -1.07. The monoisotopic (exact) mass is 285 g/mol. The fourth-order valence-electron chi connectivity index (χ4n) is 2.20. The number of nitrogens with one attached hydrogen (secondary N) is 1. The molecule has 2 N–H and O–H groups in total. The van der Waals surface area contributed by atoms with E-state index >= 15 is 0 Å². The van der Waals surface area contributed by atoms with Crippen LogP contribution in [0.3, 0.4) is 0 Å². The molecule has 2 aromatic carbocycles. The van der Waals surface area contributed by atoms with Crippen LogP contribution in [-0.2, 0) is 4.79 Å². The minimum absolute atomic E-state index is 0.0629. The minimum Gasteiger partial charge on any atom is -0.482 e. The summed E-state index contributed by atoms with van der Waals surface area (Å²) in [4.78, 5) is 23.0. The lowest BCUT2D eigenvalue weighted by atomic mass is 10.1. The Balaban J connectivity index is 1.88. The molecular weight excluding hydrogens is 270 g/mol. The van der Waals surface area contributed by atoms with Crippen LogP contribution in [0.5, 0.6) is 5.75 Å². The number of fused-ring (bicyclic) bond motifs is 1. The van der Waals surface area contributed by atoms with Gasteiger partial charge in [0.2, 0.25) is 0 Å². The fraction of sp³-hybridized carbons (Fsp3) is 0.250. The first-order valence-electron chi connectivity index (χ1n) is 6.82. The van der Waals surface area contributed by atoms with E-state index in [0.29, 0.717) is 5.39 Å². The van der Waals surface area contributed by atoms with Crippen LogP contribution in [0, 0.1) is 0 Å². The molecule has 1 fully saturated rings.